The van der Waals surface area contributed by atoms with Gasteiger partial charge in [-0.1, -0.05) is 0 Å². The van der Waals surface area contributed by atoms with Crippen molar-refractivity contribution in [3.05, 3.63) is 0 Å². The van der Waals surface area contributed by atoms with Crippen LogP contribution in [-0.2, 0) is 9.47 Å². The highest BCUT2D eigenvalue weighted by Crippen LogP contribution is 2.15. The van der Waals surface area contributed by atoms with Crippen LogP contribution in [0, 0.1) is 0 Å². The maximum Gasteiger partial charge on any atom is 0.191 e. The van der Waals surface area contributed by atoms with Crippen LogP contribution in [0.5, 0.6) is 0 Å². The monoisotopic (exact) mass is 286 g/mol. The quantitative estimate of drug-likeness (QED) is 0.363. The molecule has 0 aromatic carbocycles. The highest BCUT2D eigenvalue weighted by Gasteiger charge is 2.23. The lowest BCUT2D eigenvalue weighted by atomic mass is 10.2. The molecule has 20 heavy (non-hydrogen) atoms. The van der Waals surface area contributed by atoms with E-state index in [1.54, 1.807) is 14.2 Å². The molecule has 0 amide bonds. The van der Waals surface area contributed by atoms with Crippen molar-refractivity contribution in [3.63, 3.8) is 0 Å². The van der Waals surface area contributed by atoms with E-state index in [1.807, 2.05) is 7.05 Å². The highest BCUT2D eigenvalue weighted by molar-refractivity contribution is 5.79. The predicted molar refractivity (Wildman–Crippen MR) is 82.3 cm³/mol. The van der Waals surface area contributed by atoms with Crippen molar-refractivity contribution < 1.29 is 9.47 Å². The second-order valence-electron chi connectivity index (χ2n) is 5.05. The van der Waals surface area contributed by atoms with E-state index in [1.165, 1.54) is 19.4 Å². The summed E-state index contributed by atoms with van der Waals surface area (Å²) in [5.41, 5.74) is 0. The van der Waals surface area contributed by atoms with Gasteiger partial charge in [0, 0.05) is 53.6 Å². The highest BCUT2D eigenvalue weighted by atomic mass is 16.5. The van der Waals surface area contributed by atoms with E-state index in [2.05, 4.69) is 20.5 Å². The Morgan fingerprint density at radius 3 is 2.75 bits per heavy atom. The average Bonchev–Trinajstić information content (AvgIpc) is 2.92. The molecule has 1 atom stereocenters. The van der Waals surface area contributed by atoms with Crippen molar-refractivity contribution in [2.75, 3.05) is 60.7 Å². The van der Waals surface area contributed by atoms with Gasteiger partial charge in [-0.2, -0.15) is 0 Å². The summed E-state index contributed by atoms with van der Waals surface area (Å²) in [6.07, 6.45) is 3.51. The first kappa shape index (κ1) is 17.2. The summed E-state index contributed by atoms with van der Waals surface area (Å²) in [6.45, 7) is 5.59. The standard InChI is InChI=1S/C14H30N4O2/c1-15-14(16-7-5-10-19-2)17-12-13-6-4-8-18(13)9-11-20-3/h13H,4-12H2,1-3H3,(H2,15,16,17). The molecular formula is C14H30N4O2. The lowest BCUT2D eigenvalue weighted by molar-refractivity contribution is 0.141. The summed E-state index contributed by atoms with van der Waals surface area (Å²) in [6, 6.07) is 0.586. The molecule has 0 aliphatic carbocycles. The van der Waals surface area contributed by atoms with Gasteiger partial charge in [0.15, 0.2) is 5.96 Å². The van der Waals surface area contributed by atoms with Gasteiger partial charge in [0.25, 0.3) is 0 Å². The zero-order chi connectivity index (χ0) is 14.6. The number of guanidine groups is 1. The molecule has 0 bridgehead atoms. The van der Waals surface area contributed by atoms with Crippen LogP contribution in [0.1, 0.15) is 19.3 Å². The molecular weight excluding hydrogens is 256 g/mol. The van der Waals surface area contributed by atoms with Gasteiger partial charge in [0.1, 0.15) is 0 Å². The number of ether oxygens (including phenoxy) is 2. The molecule has 0 aromatic heterocycles. The Morgan fingerprint density at radius 1 is 1.25 bits per heavy atom. The minimum Gasteiger partial charge on any atom is -0.385 e. The molecule has 1 saturated heterocycles. The van der Waals surface area contributed by atoms with Gasteiger partial charge in [-0.3, -0.25) is 9.89 Å². The fourth-order valence-corrected chi connectivity index (χ4v) is 2.49. The molecule has 1 fully saturated rings. The molecule has 1 heterocycles. The average molecular weight is 286 g/mol. The lowest BCUT2D eigenvalue weighted by Gasteiger charge is -2.25. The minimum absolute atomic E-state index is 0.586. The van der Waals surface area contributed by atoms with Gasteiger partial charge < -0.3 is 20.1 Å². The minimum atomic E-state index is 0.586. The van der Waals surface area contributed by atoms with Crippen molar-refractivity contribution in [2.24, 2.45) is 4.99 Å². The van der Waals surface area contributed by atoms with Crippen LogP contribution in [-0.4, -0.2) is 77.6 Å². The van der Waals surface area contributed by atoms with E-state index in [0.717, 1.165) is 45.2 Å². The van der Waals surface area contributed by atoms with E-state index in [4.69, 9.17) is 9.47 Å². The number of aliphatic imine (C=N–C) groups is 1. The lowest BCUT2D eigenvalue weighted by Crippen LogP contribution is -2.45. The molecule has 0 saturated carbocycles. The summed E-state index contributed by atoms with van der Waals surface area (Å²) in [4.78, 5) is 6.74. The molecule has 1 aliphatic heterocycles. The Kier molecular flexibility index (Phi) is 9.36. The molecule has 1 rings (SSSR count). The number of hydrogen-bond acceptors (Lipinski definition) is 4. The van der Waals surface area contributed by atoms with Gasteiger partial charge >= 0.3 is 0 Å². The third kappa shape index (κ3) is 6.54. The number of methoxy groups -OCH3 is 2. The largest absolute Gasteiger partial charge is 0.385 e. The van der Waals surface area contributed by atoms with Crippen molar-refractivity contribution in [2.45, 2.75) is 25.3 Å². The Morgan fingerprint density at radius 2 is 2.05 bits per heavy atom. The topological polar surface area (TPSA) is 58.1 Å². The van der Waals surface area contributed by atoms with E-state index >= 15 is 0 Å². The Bertz CT molecular complexity index is 274. The van der Waals surface area contributed by atoms with Crippen LogP contribution >= 0.6 is 0 Å². The van der Waals surface area contributed by atoms with Gasteiger partial charge in [-0.05, 0) is 25.8 Å². The molecule has 6 heteroatoms. The molecule has 0 spiro atoms. The van der Waals surface area contributed by atoms with Crippen LogP contribution in [0.2, 0.25) is 0 Å². The third-order valence-electron chi connectivity index (χ3n) is 3.63. The SMILES string of the molecule is CN=C(NCCCOC)NCC1CCCN1CCOC. The smallest absolute Gasteiger partial charge is 0.191 e. The summed E-state index contributed by atoms with van der Waals surface area (Å²) in [5, 5.41) is 6.71. The summed E-state index contributed by atoms with van der Waals surface area (Å²) >= 11 is 0. The first-order valence-electron chi connectivity index (χ1n) is 7.48. The number of likely N-dealkylation sites (tertiary alicyclic amines) is 1. The van der Waals surface area contributed by atoms with E-state index in [9.17, 15) is 0 Å². The van der Waals surface area contributed by atoms with Crippen molar-refractivity contribution in [1.82, 2.24) is 15.5 Å². The van der Waals surface area contributed by atoms with Gasteiger partial charge in [-0.15, -0.1) is 0 Å². The fourth-order valence-electron chi connectivity index (χ4n) is 2.49. The van der Waals surface area contributed by atoms with Crippen LogP contribution < -0.4 is 10.6 Å². The Labute approximate surface area is 122 Å². The van der Waals surface area contributed by atoms with E-state index < -0.39 is 0 Å². The molecule has 1 unspecified atom stereocenters. The predicted octanol–water partition coefficient (Wildman–Crippen LogP) is 0.299. The number of rotatable bonds is 9. The second kappa shape index (κ2) is 10.9. The summed E-state index contributed by atoms with van der Waals surface area (Å²) < 4.78 is 10.2. The molecule has 2 N–H and O–H groups in total. The molecule has 0 radical (unpaired) electrons. The van der Waals surface area contributed by atoms with Crippen LogP contribution in [0.3, 0.4) is 0 Å². The van der Waals surface area contributed by atoms with Crippen LogP contribution in [0.4, 0.5) is 0 Å². The normalized spacial score (nSPS) is 20.4. The molecule has 6 nitrogen and oxygen atoms in total. The Hall–Kier alpha value is -0.850. The third-order valence-corrected chi connectivity index (χ3v) is 3.63. The van der Waals surface area contributed by atoms with E-state index in [-0.39, 0.29) is 0 Å². The van der Waals surface area contributed by atoms with Gasteiger partial charge in [0.2, 0.25) is 0 Å². The first-order valence-corrected chi connectivity index (χ1v) is 7.48. The maximum absolute atomic E-state index is 5.16. The Balaban J connectivity index is 2.21. The van der Waals surface area contributed by atoms with Crippen molar-refractivity contribution >= 4 is 5.96 Å². The van der Waals surface area contributed by atoms with Crippen molar-refractivity contribution in [1.29, 1.82) is 0 Å². The molecule has 118 valence electrons. The number of nitrogens with one attached hydrogen (secondary N) is 2. The van der Waals surface area contributed by atoms with Gasteiger partial charge in [-0.25, -0.2) is 0 Å². The van der Waals surface area contributed by atoms with Crippen LogP contribution in [0.25, 0.3) is 0 Å². The maximum atomic E-state index is 5.16. The number of nitrogens with zero attached hydrogens (tertiary/aromatic N) is 2. The molecule has 1 aliphatic rings. The zero-order valence-corrected chi connectivity index (χ0v) is 13.2. The van der Waals surface area contributed by atoms with Crippen molar-refractivity contribution in [3.8, 4) is 0 Å². The fraction of sp³-hybridized carbons (Fsp3) is 0.929. The van der Waals surface area contributed by atoms with Gasteiger partial charge in [0.05, 0.1) is 6.61 Å². The number of hydrogen-bond donors (Lipinski definition) is 2. The first-order chi connectivity index (χ1) is 9.81. The summed E-state index contributed by atoms with van der Waals surface area (Å²) in [7, 11) is 5.29. The van der Waals surface area contributed by atoms with E-state index in [0.29, 0.717) is 6.04 Å². The second-order valence-corrected chi connectivity index (χ2v) is 5.05. The molecule has 0 aromatic rings. The zero-order valence-electron chi connectivity index (χ0n) is 13.2. The summed E-state index contributed by atoms with van der Waals surface area (Å²) in [5.74, 6) is 0.875. The van der Waals surface area contributed by atoms with Crippen LogP contribution in [0.15, 0.2) is 4.99 Å².